The number of hydrogen-bond acceptors (Lipinski definition) is 3. The second-order valence-electron chi connectivity index (χ2n) is 5.60. The standard InChI is InChI=1S/C15H23FN2O/c1-15(11-17,18(2)13-7-8-19-10-13)9-12-5-3-4-6-14(12)16/h3-6,13H,7-11,17H2,1-2H3. The van der Waals surface area contributed by atoms with E-state index in [1.807, 2.05) is 12.1 Å². The molecular formula is C15H23FN2O. The topological polar surface area (TPSA) is 38.5 Å². The Morgan fingerprint density at radius 2 is 2.21 bits per heavy atom. The van der Waals surface area contributed by atoms with Gasteiger partial charge in [-0.1, -0.05) is 18.2 Å². The van der Waals surface area contributed by atoms with Crippen molar-refractivity contribution in [3.63, 3.8) is 0 Å². The lowest BCUT2D eigenvalue weighted by Gasteiger charge is -2.41. The third-order valence-electron chi connectivity index (χ3n) is 4.27. The minimum atomic E-state index is -0.249. The molecule has 0 radical (unpaired) electrons. The van der Waals surface area contributed by atoms with Crippen molar-refractivity contribution in [3.05, 3.63) is 35.6 Å². The fourth-order valence-electron chi connectivity index (χ4n) is 2.66. The highest BCUT2D eigenvalue weighted by Gasteiger charge is 2.35. The number of rotatable bonds is 5. The Kier molecular flexibility index (Phi) is 4.55. The van der Waals surface area contributed by atoms with Crippen LogP contribution in [0, 0.1) is 5.82 Å². The predicted molar refractivity (Wildman–Crippen MR) is 74.6 cm³/mol. The quantitative estimate of drug-likeness (QED) is 0.883. The molecule has 0 amide bonds. The number of benzene rings is 1. The van der Waals surface area contributed by atoms with Crippen LogP contribution in [0.25, 0.3) is 0 Å². The molecule has 106 valence electrons. The minimum Gasteiger partial charge on any atom is -0.380 e. The second kappa shape index (κ2) is 5.99. The first-order valence-corrected chi connectivity index (χ1v) is 6.81. The van der Waals surface area contributed by atoms with E-state index < -0.39 is 0 Å². The second-order valence-corrected chi connectivity index (χ2v) is 5.60. The van der Waals surface area contributed by atoms with Crippen LogP contribution in [0.2, 0.25) is 0 Å². The van der Waals surface area contributed by atoms with Crippen molar-refractivity contribution < 1.29 is 9.13 Å². The summed E-state index contributed by atoms with van der Waals surface area (Å²) in [6.07, 6.45) is 1.63. The molecule has 3 nitrogen and oxygen atoms in total. The molecule has 0 aromatic heterocycles. The fraction of sp³-hybridized carbons (Fsp3) is 0.600. The molecule has 1 saturated heterocycles. The molecule has 19 heavy (non-hydrogen) atoms. The highest BCUT2D eigenvalue weighted by molar-refractivity contribution is 5.20. The molecule has 4 heteroatoms. The van der Waals surface area contributed by atoms with Crippen molar-refractivity contribution in [2.24, 2.45) is 5.73 Å². The van der Waals surface area contributed by atoms with E-state index in [0.29, 0.717) is 19.0 Å². The molecule has 0 aliphatic carbocycles. The smallest absolute Gasteiger partial charge is 0.126 e. The molecule has 0 saturated carbocycles. The summed E-state index contributed by atoms with van der Waals surface area (Å²) in [5, 5.41) is 0. The van der Waals surface area contributed by atoms with E-state index in [1.54, 1.807) is 6.07 Å². The number of hydrogen-bond donors (Lipinski definition) is 1. The van der Waals surface area contributed by atoms with Gasteiger partial charge in [-0.25, -0.2) is 4.39 Å². The summed E-state index contributed by atoms with van der Waals surface area (Å²) in [5.41, 5.74) is 6.44. The van der Waals surface area contributed by atoms with Gasteiger partial charge in [-0.15, -0.1) is 0 Å². The summed E-state index contributed by atoms with van der Waals surface area (Å²) in [6, 6.07) is 7.30. The summed E-state index contributed by atoms with van der Waals surface area (Å²) < 4.78 is 19.2. The average Bonchev–Trinajstić information content (AvgIpc) is 2.94. The van der Waals surface area contributed by atoms with Crippen molar-refractivity contribution in [1.82, 2.24) is 4.90 Å². The lowest BCUT2D eigenvalue weighted by molar-refractivity contribution is 0.0778. The first-order chi connectivity index (χ1) is 9.07. The Hall–Kier alpha value is -0.970. The van der Waals surface area contributed by atoms with Crippen LogP contribution in [0.15, 0.2) is 24.3 Å². The van der Waals surface area contributed by atoms with Crippen molar-refractivity contribution in [2.75, 3.05) is 26.8 Å². The Morgan fingerprint density at radius 1 is 1.47 bits per heavy atom. The van der Waals surface area contributed by atoms with Gasteiger partial charge in [-0.05, 0) is 38.4 Å². The lowest BCUT2D eigenvalue weighted by atomic mass is 9.89. The van der Waals surface area contributed by atoms with E-state index in [1.165, 1.54) is 6.07 Å². The molecular weight excluding hydrogens is 243 g/mol. The van der Waals surface area contributed by atoms with Crippen molar-refractivity contribution >= 4 is 0 Å². The van der Waals surface area contributed by atoms with E-state index in [-0.39, 0.29) is 11.4 Å². The highest BCUT2D eigenvalue weighted by Crippen LogP contribution is 2.25. The average molecular weight is 266 g/mol. The Balaban J connectivity index is 2.15. The lowest BCUT2D eigenvalue weighted by Crippen LogP contribution is -2.55. The van der Waals surface area contributed by atoms with Gasteiger partial charge in [0.2, 0.25) is 0 Å². The van der Waals surface area contributed by atoms with Crippen LogP contribution in [0.3, 0.4) is 0 Å². The maximum Gasteiger partial charge on any atom is 0.126 e. The van der Waals surface area contributed by atoms with Crippen LogP contribution in [0.1, 0.15) is 18.9 Å². The summed E-state index contributed by atoms with van der Waals surface area (Å²) in [7, 11) is 2.06. The van der Waals surface area contributed by atoms with Gasteiger partial charge in [0.15, 0.2) is 0 Å². The maximum atomic E-state index is 13.8. The monoisotopic (exact) mass is 266 g/mol. The van der Waals surface area contributed by atoms with E-state index in [0.717, 1.165) is 25.2 Å². The first-order valence-electron chi connectivity index (χ1n) is 6.81. The van der Waals surface area contributed by atoms with E-state index in [9.17, 15) is 4.39 Å². The summed E-state index contributed by atoms with van der Waals surface area (Å²) in [6.45, 7) is 4.13. The SMILES string of the molecule is CN(C1CCOC1)C(C)(CN)Cc1ccccc1F. The van der Waals surface area contributed by atoms with Crippen LogP contribution < -0.4 is 5.73 Å². The molecule has 0 bridgehead atoms. The summed E-state index contributed by atoms with van der Waals surface area (Å²) in [5.74, 6) is -0.154. The molecule has 2 rings (SSSR count). The van der Waals surface area contributed by atoms with Gasteiger partial charge in [-0.3, -0.25) is 4.90 Å². The molecule has 2 atom stereocenters. The number of likely N-dealkylation sites (N-methyl/N-ethyl adjacent to an activating group) is 1. The van der Waals surface area contributed by atoms with Gasteiger partial charge < -0.3 is 10.5 Å². The Morgan fingerprint density at radius 3 is 2.79 bits per heavy atom. The third-order valence-corrected chi connectivity index (χ3v) is 4.27. The van der Waals surface area contributed by atoms with E-state index >= 15 is 0 Å². The molecule has 2 unspecified atom stereocenters. The molecule has 1 aromatic carbocycles. The van der Waals surface area contributed by atoms with Gasteiger partial charge in [-0.2, -0.15) is 0 Å². The Bertz CT molecular complexity index is 420. The largest absolute Gasteiger partial charge is 0.380 e. The molecule has 1 aliphatic heterocycles. The van der Waals surface area contributed by atoms with Gasteiger partial charge in [0, 0.05) is 24.7 Å². The summed E-state index contributed by atoms with van der Waals surface area (Å²) in [4.78, 5) is 2.26. The highest BCUT2D eigenvalue weighted by atomic mass is 19.1. The van der Waals surface area contributed by atoms with Crippen LogP contribution in [0.5, 0.6) is 0 Å². The Labute approximate surface area is 114 Å². The van der Waals surface area contributed by atoms with Gasteiger partial charge in [0.1, 0.15) is 5.82 Å². The zero-order valence-corrected chi connectivity index (χ0v) is 11.7. The predicted octanol–water partition coefficient (Wildman–Crippen LogP) is 1.81. The van der Waals surface area contributed by atoms with E-state index in [4.69, 9.17) is 10.5 Å². The van der Waals surface area contributed by atoms with Gasteiger partial charge in [0.25, 0.3) is 0 Å². The van der Waals surface area contributed by atoms with Crippen LogP contribution in [-0.2, 0) is 11.2 Å². The molecule has 1 aliphatic rings. The van der Waals surface area contributed by atoms with Crippen molar-refractivity contribution in [1.29, 1.82) is 0 Å². The van der Waals surface area contributed by atoms with Gasteiger partial charge >= 0.3 is 0 Å². The zero-order chi connectivity index (χ0) is 13.9. The molecule has 1 fully saturated rings. The number of nitrogens with zero attached hydrogens (tertiary/aromatic N) is 1. The molecule has 1 heterocycles. The minimum absolute atomic E-state index is 0.154. The maximum absolute atomic E-state index is 13.8. The number of halogens is 1. The van der Waals surface area contributed by atoms with Gasteiger partial charge in [0.05, 0.1) is 6.61 Å². The normalized spacial score (nSPS) is 22.7. The molecule has 2 N–H and O–H groups in total. The molecule has 1 aromatic rings. The molecule has 0 spiro atoms. The van der Waals surface area contributed by atoms with Crippen LogP contribution in [0.4, 0.5) is 4.39 Å². The van der Waals surface area contributed by atoms with E-state index in [2.05, 4.69) is 18.9 Å². The fourth-order valence-corrected chi connectivity index (χ4v) is 2.66. The van der Waals surface area contributed by atoms with Crippen LogP contribution >= 0.6 is 0 Å². The number of ether oxygens (including phenoxy) is 1. The zero-order valence-electron chi connectivity index (χ0n) is 11.7. The number of nitrogens with two attached hydrogens (primary N) is 1. The van der Waals surface area contributed by atoms with Crippen molar-refractivity contribution in [2.45, 2.75) is 31.3 Å². The van der Waals surface area contributed by atoms with Crippen molar-refractivity contribution in [3.8, 4) is 0 Å². The summed E-state index contributed by atoms with van der Waals surface area (Å²) >= 11 is 0. The van der Waals surface area contributed by atoms with Crippen LogP contribution in [-0.4, -0.2) is 43.3 Å². The first kappa shape index (κ1) is 14.4. The third kappa shape index (κ3) is 3.14.